The molecular weight excluding hydrogens is 168 g/mol. The van der Waals surface area contributed by atoms with E-state index in [4.69, 9.17) is 9.47 Å². The number of Topliss-reactive ketones (excluding diaryl/α,β-unsaturated/α-hetero) is 1. The Morgan fingerprint density at radius 2 is 2.08 bits per heavy atom. The zero-order valence-corrected chi connectivity index (χ0v) is 8.41. The van der Waals surface area contributed by atoms with Crippen LogP contribution in [0.5, 0.6) is 0 Å². The number of methoxy groups -OCH3 is 1. The molecule has 1 aliphatic rings. The Balaban J connectivity index is 2.18. The predicted molar refractivity (Wildman–Crippen MR) is 49.7 cm³/mol. The second kappa shape index (κ2) is 5.35. The van der Waals surface area contributed by atoms with Crippen LogP contribution in [-0.4, -0.2) is 31.7 Å². The van der Waals surface area contributed by atoms with Crippen LogP contribution in [0.25, 0.3) is 0 Å². The fraction of sp³-hybridized carbons (Fsp3) is 0.900. The Labute approximate surface area is 79.4 Å². The summed E-state index contributed by atoms with van der Waals surface area (Å²) < 4.78 is 10.7. The highest BCUT2D eigenvalue weighted by Gasteiger charge is 2.20. The number of carbonyl (C=O) groups excluding carboxylic acids is 1. The van der Waals surface area contributed by atoms with E-state index in [9.17, 15) is 4.79 Å². The number of rotatable bonds is 4. The van der Waals surface area contributed by atoms with Crippen LogP contribution >= 0.6 is 0 Å². The molecule has 0 bridgehead atoms. The number of ketones is 1. The van der Waals surface area contributed by atoms with Crippen molar-refractivity contribution >= 4 is 5.78 Å². The molecule has 0 aromatic rings. The predicted octanol–water partition coefficient (Wildman–Crippen LogP) is 1.55. The van der Waals surface area contributed by atoms with Gasteiger partial charge in [0.2, 0.25) is 0 Å². The topological polar surface area (TPSA) is 35.5 Å². The molecule has 1 rings (SSSR count). The van der Waals surface area contributed by atoms with Gasteiger partial charge in [-0.15, -0.1) is 0 Å². The van der Waals surface area contributed by atoms with Crippen molar-refractivity contribution in [2.24, 2.45) is 0 Å². The standard InChI is InChI=1S/C10H18O3/c1-8(7-12-2)13-10-5-3-9(11)4-6-10/h8,10H,3-7H2,1-2H3. The third kappa shape index (κ3) is 3.87. The molecule has 0 aromatic heterocycles. The molecule has 0 amide bonds. The molecule has 3 nitrogen and oxygen atoms in total. The smallest absolute Gasteiger partial charge is 0.133 e. The summed E-state index contributed by atoms with van der Waals surface area (Å²) in [6.07, 6.45) is 3.54. The van der Waals surface area contributed by atoms with Crippen molar-refractivity contribution in [2.45, 2.75) is 44.8 Å². The second-order valence-electron chi connectivity index (χ2n) is 3.64. The molecule has 0 saturated heterocycles. The number of hydrogen-bond acceptors (Lipinski definition) is 3. The Morgan fingerprint density at radius 1 is 1.46 bits per heavy atom. The van der Waals surface area contributed by atoms with E-state index in [0.717, 1.165) is 12.8 Å². The van der Waals surface area contributed by atoms with Gasteiger partial charge in [-0.25, -0.2) is 0 Å². The van der Waals surface area contributed by atoms with Gasteiger partial charge < -0.3 is 9.47 Å². The Kier molecular flexibility index (Phi) is 4.39. The number of ether oxygens (including phenoxy) is 2. The summed E-state index contributed by atoms with van der Waals surface area (Å²) >= 11 is 0. The SMILES string of the molecule is COCC(C)OC1CCC(=O)CC1. The molecule has 1 fully saturated rings. The van der Waals surface area contributed by atoms with Crippen LogP contribution in [0.3, 0.4) is 0 Å². The van der Waals surface area contributed by atoms with Crippen molar-refractivity contribution in [2.75, 3.05) is 13.7 Å². The van der Waals surface area contributed by atoms with Crippen LogP contribution < -0.4 is 0 Å². The molecule has 1 atom stereocenters. The van der Waals surface area contributed by atoms with Crippen LogP contribution in [0.2, 0.25) is 0 Å². The summed E-state index contributed by atoms with van der Waals surface area (Å²) in [4.78, 5) is 10.9. The van der Waals surface area contributed by atoms with E-state index in [0.29, 0.717) is 25.2 Å². The molecule has 0 spiro atoms. The summed E-state index contributed by atoms with van der Waals surface area (Å²) in [5.41, 5.74) is 0. The lowest BCUT2D eigenvalue weighted by atomic mass is 9.96. The number of carbonyl (C=O) groups is 1. The second-order valence-corrected chi connectivity index (χ2v) is 3.64. The van der Waals surface area contributed by atoms with E-state index >= 15 is 0 Å². The van der Waals surface area contributed by atoms with Crippen LogP contribution in [0, 0.1) is 0 Å². The van der Waals surface area contributed by atoms with Crippen molar-refractivity contribution in [3.05, 3.63) is 0 Å². The van der Waals surface area contributed by atoms with Gasteiger partial charge in [-0.1, -0.05) is 0 Å². The lowest BCUT2D eigenvalue weighted by molar-refractivity contribution is -0.124. The molecule has 76 valence electrons. The summed E-state index contributed by atoms with van der Waals surface area (Å²) in [6.45, 7) is 2.63. The first-order valence-corrected chi connectivity index (χ1v) is 4.88. The van der Waals surface area contributed by atoms with E-state index in [2.05, 4.69) is 0 Å². The first-order chi connectivity index (χ1) is 6.22. The van der Waals surface area contributed by atoms with E-state index in [1.807, 2.05) is 6.92 Å². The average molecular weight is 186 g/mol. The van der Waals surface area contributed by atoms with Gasteiger partial charge in [-0.2, -0.15) is 0 Å². The molecule has 3 heteroatoms. The molecule has 13 heavy (non-hydrogen) atoms. The fourth-order valence-corrected chi connectivity index (χ4v) is 1.65. The Hall–Kier alpha value is -0.410. The van der Waals surface area contributed by atoms with Crippen LogP contribution in [-0.2, 0) is 14.3 Å². The van der Waals surface area contributed by atoms with Crippen LogP contribution in [0.1, 0.15) is 32.6 Å². The van der Waals surface area contributed by atoms with Crippen molar-refractivity contribution < 1.29 is 14.3 Å². The summed E-state index contributed by atoms with van der Waals surface area (Å²) in [5, 5.41) is 0. The molecule has 1 saturated carbocycles. The van der Waals surface area contributed by atoms with Crippen molar-refractivity contribution in [1.82, 2.24) is 0 Å². The third-order valence-corrected chi connectivity index (χ3v) is 2.32. The first kappa shape index (κ1) is 10.7. The minimum Gasteiger partial charge on any atom is -0.382 e. The molecule has 0 N–H and O–H groups in total. The molecule has 1 aliphatic carbocycles. The van der Waals surface area contributed by atoms with Gasteiger partial charge in [0.1, 0.15) is 5.78 Å². The molecule has 1 unspecified atom stereocenters. The molecular formula is C10H18O3. The first-order valence-electron chi connectivity index (χ1n) is 4.88. The van der Waals surface area contributed by atoms with Crippen molar-refractivity contribution in [3.8, 4) is 0 Å². The van der Waals surface area contributed by atoms with Gasteiger partial charge >= 0.3 is 0 Å². The molecule has 0 radical (unpaired) electrons. The number of hydrogen-bond donors (Lipinski definition) is 0. The van der Waals surface area contributed by atoms with Gasteiger partial charge in [0.15, 0.2) is 0 Å². The minimum atomic E-state index is 0.142. The highest BCUT2D eigenvalue weighted by atomic mass is 16.5. The quantitative estimate of drug-likeness (QED) is 0.668. The fourth-order valence-electron chi connectivity index (χ4n) is 1.65. The van der Waals surface area contributed by atoms with Gasteiger partial charge in [0.25, 0.3) is 0 Å². The van der Waals surface area contributed by atoms with E-state index in [-0.39, 0.29) is 12.2 Å². The van der Waals surface area contributed by atoms with Gasteiger partial charge in [-0.05, 0) is 19.8 Å². The van der Waals surface area contributed by atoms with Gasteiger partial charge in [-0.3, -0.25) is 4.79 Å². The van der Waals surface area contributed by atoms with Crippen LogP contribution in [0.4, 0.5) is 0 Å². The average Bonchev–Trinajstić information content (AvgIpc) is 2.09. The lowest BCUT2D eigenvalue weighted by Crippen LogP contribution is -2.27. The summed E-state index contributed by atoms with van der Waals surface area (Å²) in [7, 11) is 1.67. The molecule has 0 aromatic carbocycles. The molecule has 0 aliphatic heterocycles. The van der Waals surface area contributed by atoms with Crippen molar-refractivity contribution in [1.29, 1.82) is 0 Å². The van der Waals surface area contributed by atoms with Crippen molar-refractivity contribution in [3.63, 3.8) is 0 Å². The normalized spacial score (nSPS) is 21.8. The van der Waals surface area contributed by atoms with E-state index in [1.165, 1.54) is 0 Å². The van der Waals surface area contributed by atoms with Gasteiger partial charge in [0.05, 0.1) is 18.8 Å². The Bertz CT molecular complexity index is 158. The van der Waals surface area contributed by atoms with Gasteiger partial charge in [0, 0.05) is 20.0 Å². The summed E-state index contributed by atoms with van der Waals surface area (Å²) in [5.74, 6) is 0.374. The summed E-state index contributed by atoms with van der Waals surface area (Å²) in [6, 6.07) is 0. The minimum absolute atomic E-state index is 0.142. The molecule has 0 heterocycles. The van der Waals surface area contributed by atoms with E-state index < -0.39 is 0 Å². The monoisotopic (exact) mass is 186 g/mol. The maximum atomic E-state index is 10.9. The maximum Gasteiger partial charge on any atom is 0.133 e. The highest BCUT2D eigenvalue weighted by molar-refractivity contribution is 5.79. The van der Waals surface area contributed by atoms with Crippen LogP contribution in [0.15, 0.2) is 0 Å². The zero-order chi connectivity index (χ0) is 9.68. The lowest BCUT2D eigenvalue weighted by Gasteiger charge is -2.24. The third-order valence-electron chi connectivity index (χ3n) is 2.32. The highest BCUT2D eigenvalue weighted by Crippen LogP contribution is 2.19. The maximum absolute atomic E-state index is 10.9. The Morgan fingerprint density at radius 3 is 2.62 bits per heavy atom. The zero-order valence-electron chi connectivity index (χ0n) is 8.41. The van der Waals surface area contributed by atoms with E-state index in [1.54, 1.807) is 7.11 Å². The largest absolute Gasteiger partial charge is 0.382 e.